The zero-order valence-corrected chi connectivity index (χ0v) is 12.3. The third-order valence-electron chi connectivity index (χ3n) is 4.18. The summed E-state index contributed by atoms with van der Waals surface area (Å²) < 4.78 is 5.54. The molecule has 1 unspecified atom stereocenters. The van der Waals surface area contributed by atoms with E-state index in [0.717, 1.165) is 17.1 Å². The van der Waals surface area contributed by atoms with E-state index in [4.69, 9.17) is 14.5 Å². The number of ether oxygens (including phenoxy) is 1. The summed E-state index contributed by atoms with van der Waals surface area (Å²) in [5.74, 6) is 1.65. The normalized spacial score (nSPS) is 16.9. The van der Waals surface area contributed by atoms with Gasteiger partial charge >= 0.3 is 0 Å². The minimum absolute atomic E-state index is 0.0889. The molecule has 0 spiro atoms. The zero-order valence-electron chi connectivity index (χ0n) is 12.3. The Balaban J connectivity index is 1.95. The molecule has 0 saturated heterocycles. The van der Waals surface area contributed by atoms with Gasteiger partial charge in [0.15, 0.2) is 5.75 Å². The summed E-state index contributed by atoms with van der Waals surface area (Å²) in [6, 6.07) is 20.5. The largest absolute Gasteiger partial charge is 0.496 e. The van der Waals surface area contributed by atoms with Crippen molar-refractivity contribution >= 4 is 10.8 Å². The molecule has 1 aliphatic heterocycles. The lowest BCUT2D eigenvalue weighted by Gasteiger charge is -2.27. The second-order valence-electron chi connectivity index (χ2n) is 5.36. The Hall–Kier alpha value is -2.52. The predicted molar refractivity (Wildman–Crippen MR) is 85.4 cm³/mol. The first kappa shape index (κ1) is 13.2. The molecule has 22 heavy (non-hydrogen) atoms. The van der Waals surface area contributed by atoms with Crippen LogP contribution >= 0.6 is 0 Å². The van der Waals surface area contributed by atoms with Gasteiger partial charge in [-0.25, -0.2) is 0 Å². The third-order valence-corrected chi connectivity index (χ3v) is 4.18. The van der Waals surface area contributed by atoms with Gasteiger partial charge in [0, 0.05) is 5.92 Å². The summed E-state index contributed by atoms with van der Waals surface area (Å²) in [6.07, 6.45) is 0. The fraction of sp³-hybridized carbons (Fsp3) is 0.158. The number of rotatable bonds is 2. The van der Waals surface area contributed by atoms with Crippen molar-refractivity contribution in [1.82, 2.24) is 0 Å². The molecule has 0 aromatic heterocycles. The molecular formula is C19H16O3. The van der Waals surface area contributed by atoms with Gasteiger partial charge in [0.1, 0.15) is 12.4 Å². The molecule has 0 saturated carbocycles. The van der Waals surface area contributed by atoms with Crippen molar-refractivity contribution in [1.29, 1.82) is 0 Å². The van der Waals surface area contributed by atoms with Crippen LogP contribution in [0.5, 0.6) is 11.5 Å². The highest BCUT2D eigenvalue weighted by Crippen LogP contribution is 2.43. The van der Waals surface area contributed by atoms with Crippen molar-refractivity contribution in [3.8, 4) is 11.5 Å². The standard InChI is InChI=1S/C19H16O3/c1-20-17-10-5-11-18-19(17)16(12-21-22-18)15-9-4-7-13-6-2-3-8-14(13)15/h2-11,16H,12H2,1H3. The van der Waals surface area contributed by atoms with Gasteiger partial charge in [0.05, 0.1) is 12.7 Å². The molecule has 110 valence electrons. The lowest BCUT2D eigenvalue weighted by molar-refractivity contribution is -0.219. The Labute approximate surface area is 129 Å². The van der Waals surface area contributed by atoms with Crippen LogP contribution in [0.15, 0.2) is 60.7 Å². The summed E-state index contributed by atoms with van der Waals surface area (Å²) in [5, 5.41) is 2.46. The molecule has 0 fully saturated rings. The monoisotopic (exact) mass is 292 g/mol. The molecule has 4 rings (SSSR count). The van der Waals surface area contributed by atoms with Crippen LogP contribution in [-0.2, 0) is 4.89 Å². The van der Waals surface area contributed by atoms with Crippen molar-refractivity contribution in [2.45, 2.75) is 5.92 Å². The molecule has 3 aromatic rings. The van der Waals surface area contributed by atoms with Crippen molar-refractivity contribution in [3.63, 3.8) is 0 Å². The van der Waals surface area contributed by atoms with Gasteiger partial charge in [-0.15, -0.1) is 0 Å². The SMILES string of the molecule is COc1cccc2c1C(c1cccc3ccccc13)COO2. The van der Waals surface area contributed by atoms with Crippen molar-refractivity contribution in [2.24, 2.45) is 0 Å². The number of fused-ring (bicyclic) bond motifs is 2. The van der Waals surface area contributed by atoms with E-state index in [1.54, 1.807) is 7.11 Å². The molecule has 0 amide bonds. The van der Waals surface area contributed by atoms with E-state index in [1.165, 1.54) is 16.3 Å². The van der Waals surface area contributed by atoms with Crippen molar-refractivity contribution in [3.05, 3.63) is 71.8 Å². The van der Waals surface area contributed by atoms with E-state index in [9.17, 15) is 0 Å². The molecule has 1 aliphatic rings. The predicted octanol–water partition coefficient (Wildman–Crippen LogP) is 4.30. The Morgan fingerprint density at radius 3 is 2.68 bits per heavy atom. The molecular weight excluding hydrogens is 276 g/mol. The van der Waals surface area contributed by atoms with Crippen LogP contribution in [0, 0.1) is 0 Å². The lowest BCUT2D eigenvalue weighted by atomic mass is 9.87. The second kappa shape index (κ2) is 5.35. The summed E-state index contributed by atoms with van der Waals surface area (Å²) in [4.78, 5) is 10.7. The number of methoxy groups -OCH3 is 1. The van der Waals surface area contributed by atoms with Gasteiger partial charge in [-0.05, 0) is 28.5 Å². The van der Waals surface area contributed by atoms with E-state index in [-0.39, 0.29) is 5.92 Å². The van der Waals surface area contributed by atoms with Crippen LogP contribution in [-0.4, -0.2) is 13.7 Å². The first-order valence-corrected chi connectivity index (χ1v) is 7.32. The fourth-order valence-electron chi connectivity index (χ4n) is 3.17. The molecule has 0 N–H and O–H groups in total. The quantitative estimate of drug-likeness (QED) is 0.659. The van der Waals surface area contributed by atoms with Crippen molar-refractivity contribution in [2.75, 3.05) is 13.7 Å². The Morgan fingerprint density at radius 2 is 1.77 bits per heavy atom. The maximum Gasteiger partial charge on any atom is 0.173 e. The molecule has 3 nitrogen and oxygen atoms in total. The number of hydrogen-bond acceptors (Lipinski definition) is 3. The van der Waals surface area contributed by atoms with Gasteiger partial charge in [0.2, 0.25) is 0 Å². The molecule has 0 bridgehead atoms. The summed E-state index contributed by atoms with van der Waals surface area (Å²) in [7, 11) is 1.69. The fourth-order valence-corrected chi connectivity index (χ4v) is 3.17. The highest BCUT2D eigenvalue weighted by Gasteiger charge is 2.29. The van der Waals surface area contributed by atoms with Crippen molar-refractivity contribution < 1.29 is 14.5 Å². The molecule has 1 heterocycles. The average molecular weight is 292 g/mol. The van der Waals surface area contributed by atoms with Crippen LogP contribution in [0.3, 0.4) is 0 Å². The maximum atomic E-state index is 5.54. The topological polar surface area (TPSA) is 27.7 Å². The Bertz CT molecular complexity index is 806. The molecule has 3 aromatic carbocycles. The van der Waals surface area contributed by atoms with Crippen LogP contribution in [0.1, 0.15) is 17.0 Å². The van der Waals surface area contributed by atoms with E-state index in [1.807, 2.05) is 18.2 Å². The summed E-state index contributed by atoms with van der Waals surface area (Å²) in [5.41, 5.74) is 2.28. The van der Waals surface area contributed by atoms with Gasteiger partial charge in [-0.1, -0.05) is 48.5 Å². The zero-order chi connectivity index (χ0) is 14.9. The van der Waals surface area contributed by atoms with E-state index < -0.39 is 0 Å². The second-order valence-corrected chi connectivity index (χ2v) is 5.36. The average Bonchev–Trinajstić information content (AvgIpc) is 2.60. The lowest BCUT2D eigenvalue weighted by Crippen LogP contribution is -2.19. The van der Waals surface area contributed by atoms with E-state index in [2.05, 4.69) is 42.5 Å². The number of hydrogen-bond donors (Lipinski definition) is 0. The summed E-state index contributed by atoms with van der Waals surface area (Å²) in [6.45, 7) is 0.474. The van der Waals surface area contributed by atoms with Crippen LogP contribution in [0.25, 0.3) is 10.8 Å². The highest BCUT2D eigenvalue weighted by molar-refractivity contribution is 5.86. The first-order chi connectivity index (χ1) is 10.9. The smallest absolute Gasteiger partial charge is 0.173 e. The van der Waals surface area contributed by atoms with E-state index in [0.29, 0.717) is 6.61 Å². The Kier molecular flexibility index (Phi) is 3.20. The molecule has 0 radical (unpaired) electrons. The first-order valence-electron chi connectivity index (χ1n) is 7.32. The van der Waals surface area contributed by atoms with Gasteiger partial charge in [-0.3, -0.25) is 0 Å². The van der Waals surface area contributed by atoms with E-state index >= 15 is 0 Å². The van der Waals surface area contributed by atoms with Crippen LogP contribution in [0.4, 0.5) is 0 Å². The van der Waals surface area contributed by atoms with Crippen LogP contribution in [0.2, 0.25) is 0 Å². The highest BCUT2D eigenvalue weighted by atomic mass is 17.2. The van der Waals surface area contributed by atoms with Gasteiger partial charge in [0.25, 0.3) is 0 Å². The minimum Gasteiger partial charge on any atom is -0.496 e. The summed E-state index contributed by atoms with van der Waals surface area (Å²) >= 11 is 0. The third kappa shape index (κ3) is 2.02. The molecule has 0 aliphatic carbocycles. The number of benzene rings is 3. The maximum absolute atomic E-state index is 5.54. The van der Waals surface area contributed by atoms with Crippen LogP contribution < -0.4 is 9.62 Å². The van der Waals surface area contributed by atoms with Gasteiger partial charge < -0.3 is 9.62 Å². The molecule has 3 heteroatoms. The van der Waals surface area contributed by atoms with Gasteiger partial charge in [-0.2, -0.15) is 4.89 Å². The molecule has 1 atom stereocenters. The minimum atomic E-state index is 0.0889. The Morgan fingerprint density at radius 1 is 0.955 bits per heavy atom.